The van der Waals surface area contributed by atoms with Crippen molar-refractivity contribution < 1.29 is 8.78 Å². The quantitative estimate of drug-likeness (QED) is 0.856. The van der Waals surface area contributed by atoms with Crippen molar-refractivity contribution in [1.82, 2.24) is 0 Å². The fourth-order valence-corrected chi connectivity index (χ4v) is 1.95. The molecule has 1 aliphatic carbocycles. The predicted molar refractivity (Wildman–Crippen MR) is 65.1 cm³/mol. The van der Waals surface area contributed by atoms with Crippen molar-refractivity contribution in [2.75, 3.05) is 6.54 Å². The lowest BCUT2D eigenvalue weighted by Gasteiger charge is -2.25. The van der Waals surface area contributed by atoms with Crippen molar-refractivity contribution in [3.05, 3.63) is 35.4 Å². The van der Waals surface area contributed by atoms with Crippen LogP contribution in [0.15, 0.2) is 24.3 Å². The SMILES string of the molecule is CC(C)(CN)c1cccc(C(F)(F)C2CC2)c1. The van der Waals surface area contributed by atoms with Crippen LogP contribution in [-0.4, -0.2) is 6.54 Å². The van der Waals surface area contributed by atoms with Gasteiger partial charge in [-0.3, -0.25) is 0 Å². The van der Waals surface area contributed by atoms with Gasteiger partial charge in [-0.25, -0.2) is 8.78 Å². The first kappa shape index (κ1) is 12.5. The molecule has 1 fully saturated rings. The molecule has 0 bridgehead atoms. The second-order valence-corrected chi connectivity index (χ2v) is 5.57. The zero-order valence-electron chi connectivity index (χ0n) is 10.3. The Morgan fingerprint density at radius 3 is 2.35 bits per heavy atom. The number of nitrogens with two attached hydrogens (primary N) is 1. The lowest BCUT2D eigenvalue weighted by molar-refractivity contribution is -0.0286. The summed E-state index contributed by atoms with van der Waals surface area (Å²) in [5.74, 6) is -3.14. The van der Waals surface area contributed by atoms with E-state index in [0.717, 1.165) is 5.56 Å². The molecule has 2 rings (SSSR count). The largest absolute Gasteiger partial charge is 0.330 e. The molecule has 1 aromatic rings. The highest BCUT2D eigenvalue weighted by Crippen LogP contribution is 2.49. The molecule has 3 heteroatoms. The summed E-state index contributed by atoms with van der Waals surface area (Å²) in [7, 11) is 0. The Hall–Kier alpha value is -0.960. The standard InChI is InChI=1S/C14H19F2N/c1-13(2,9-17)11-4-3-5-12(8-11)14(15,16)10-6-7-10/h3-5,8,10H,6-7,9,17H2,1-2H3. The van der Waals surface area contributed by atoms with Gasteiger partial charge >= 0.3 is 0 Å². The third-order valence-electron chi connectivity index (χ3n) is 3.63. The minimum atomic E-state index is -2.68. The smallest absolute Gasteiger partial charge is 0.276 e. The molecule has 0 amide bonds. The molecule has 94 valence electrons. The van der Waals surface area contributed by atoms with E-state index in [-0.39, 0.29) is 11.0 Å². The molecule has 0 aromatic heterocycles. The van der Waals surface area contributed by atoms with Crippen molar-refractivity contribution in [3.63, 3.8) is 0 Å². The second kappa shape index (κ2) is 4.05. The fourth-order valence-electron chi connectivity index (χ4n) is 1.95. The minimum absolute atomic E-state index is 0.138. The van der Waals surface area contributed by atoms with E-state index in [9.17, 15) is 8.78 Å². The summed E-state index contributed by atoms with van der Waals surface area (Å²) in [4.78, 5) is 0. The molecule has 0 heterocycles. The summed E-state index contributed by atoms with van der Waals surface area (Å²) >= 11 is 0. The molecule has 17 heavy (non-hydrogen) atoms. The Morgan fingerprint density at radius 1 is 1.24 bits per heavy atom. The number of alkyl halides is 2. The molecular formula is C14H19F2N. The average molecular weight is 239 g/mol. The Morgan fingerprint density at radius 2 is 1.82 bits per heavy atom. The molecule has 1 nitrogen and oxygen atoms in total. The molecule has 1 aromatic carbocycles. The Kier molecular flexibility index (Phi) is 2.98. The Balaban J connectivity index is 2.34. The summed E-state index contributed by atoms with van der Waals surface area (Å²) < 4.78 is 28.0. The van der Waals surface area contributed by atoms with Crippen molar-refractivity contribution in [2.45, 2.75) is 38.0 Å². The van der Waals surface area contributed by atoms with Crippen LogP contribution in [0, 0.1) is 5.92 Å². The van der Waals surface area contributed by atoms with Crippen LogP contribution >= 0.6 is 0 Å². The number of benzene rings is 1. The number of hydrogen-bond acceptors (Lipinski definition) is 1. The molecular weight excluding hydrogens is 220 g/mol. The van der Waals surface area contributed by atoms with E-state index in [0.29, 0.717) is 19.4 Å². The first-order valence-electron chi connectivity index (χ1n) is 6.07. The molecule has 2 N–H and O–H groups in total. The van der Waals surface area contributed by atoms with Gasteiger partial charge in [-0.05, 0) is 24.5 Å². The van der Waals surface area contributed by atoms with Crippen LogP contribution in [0.25, 0.3) is 0 Å². The third-order valence-corrected chi connectivity index (χ3v) is 3.63. The highest BCUT2D eigenvalue weighted by molar-refractivity contribution is 5.32. The minimum Gasteiger partial charge on any atom is -0.330 e. The van der Waals surface area contributed by atoms with E-state index >= 15 is 0 Å². The van der Waals surface area contributed by atoms with Gasteiger partial charge in [0, 0.05) is 23.4 Å². The topological polar surface area (TPSA) is 26.0 Å². The normalized spacial score (nSPS) is 17.2. The third kappa shape index (κ3) is 2.34. The van der Waals surface area contributed by atoms with Crippen LogP contribution < -0.4 is 5.73 Å². The van der Waals surface area contributed by atoms with Crippen LogP contribution in [0.5, 0.6) is 0 Å². The van der Waals surface area contributed by atoms with E-state index in [1.54, 1.807) is 12.1 Å². The molecule has 1 saturated carbocycles. The molecule has 1 aliphatic rings. The number of hydrogen-bond donors (Lipinski definition) is 1. The lowest BCUT2D eigenvalue weighted by atomic mass is 9.83. The highest BCUT2D eigenvalue weighted by atomic mass is 19.3. The van der Waals surface area contributed by atoms with Crippen molar-refractivity contribution in [3.8, 4) is 0 Å². The number of halogens is 2. The van der Waals surface area contributed by atoms with E-state index in [1.165, 1.54) is 6.07 Å². The van der Waals surface area contributed by atoms with E-state index < -0.39 is 11.8 Å². The Bertz CT molecular complexity index is 408. The van der Waals surface area contributed by atoms with Crippen LogP contribution in [-0.2, 0) is 11.3 Å². The van der Waals surface area contributed by atoms with E-state index in [1.807, 2.05) is 19.9 Å². The zero-order chi connectivity index (χ0) is 12.7. The van der Waals surface area contributed by atoms with Crippen LogP contribution in [0.1, 0.15) is 37.8 Å². The lowest BCUT2D eigenvalue weighted by Crippen LogP contribution is -2.28. The molecule has 0 radical (unpaired) electrons. The average Bonchev–Trinajstić information content (AvgIpc) is 3.13. The summed E-state index contributed by atoms with van der Waals surface area (Å²) in [6.45, 7) is 4.40. The maximum absolute atomic E-state index is 14.0. The van der Waals surface area contributed by atoms with E-state index in [2.05, 4.69) is 0 Å². The highest BCUT2D eigenvalue weighted by Gasteiger charge is 2.48. The van der Waals surface area contributed by atoms with Crippen molar-refractivity contribution >= 4 is 0 Å². The molecule has 0 aliphatic heterocycles. The summed E-state index contributed by atoms with van der Waals surface area (Å²) in [6, 6.07) is 6.72. The summed E-state index contributed by atoms with van der Waals surface area (Å²) in [5, 5.41) is 0. The molecule has 0 spiro atoms. The van der Waals surface area contributed by atoms with Gasteiger partial charge in [0.15, 0.2) is 0 Å². The fraction of sp³-hybridized carbons (Fsp3) is 0.571. The summed E-state index contributed by atoms with van der Waals surface area (Å²) in [5.41, 5.74) is 6.45. The maximum Gasteiger partial charge on any atom is 0.276 e. The monoisotopic (exact) mass is 239 g/mol. The van der Waals surface area contributed by atoms with Gasteiger partial charge in [0.25, 0.3) is 5.92 Å². The van der Waals surface area contributed by atoms with Gasteiger partial charge in [0.2, 0.25) is 0 Å². The van der Waals surface area contributed by atoms with Gasteiger partial charge in [0.1, 0.15) is 0 Å². The zero-order valence-corrected chi connectivity index (χ0v) is 10.3. The molecule has 0 unspecified atom stereocenters. The van der Waals surface area contributed by atoms with Gasteiger partial charge in [-0.2, -0.15) is 0 Å². The van der Waals surface area contributed by atoms with Gasteiger partial charge in [-0.1, -0.05) is 32.0 Å². The first-order chi connectivity index (χ1) is 7.88. The summed E-state index contributed by atoms with van der Waals surface area (Å²) in [6.07, 6.45) is 1.27. The van der Waals surface area contributed by atoms with Crippen LogP contribution in [0.2, 0.25) is 0 Å². The van der Waals surface area contributed by atoms with Gasteiger partial charge < -0.3 is 5.73 Å². The Labute approximate surface area is 101 Å². The van der Waals surface area contributed by atoms with Crippen molar-refractivity contribution in [2.24, 2.45) is 11.7 Å². The maximum atomic E-state index is 14.0. The van der Waals surface area contributed by atoms with Crippen molar-refractivity contribution in [1.29, 1.82) is 0 Å². The first-order valence-corrected chi connectivity index (χ1v) is 6.07. The van der Waals surface area contributed by atoms with Crippen LogP contribution in [0.3, 0.4) is 0 Å². The predicted octanol–water partition coefficient (Wildman–Crippen LogP) is 3.42. The van der Waals surface area contributed by atoms with Gasteiger partial charge in [-0.15, -0.1) is 0 Å². The second-order valence-electron chi connectivity index (χ2n) is 5.57. The van der Waals surface area contributed by atoms with Crippen LogP contribution in [0.4, 0.5) is 8.78 Å². The molecule has 0 atom stereocenters. The molecule has 0 saturated heterocycles. The van der Waals surface area contributed by atoms with E-state index in [4.69, 9.17) is 5.73 Å². The number of rotatable bonds is 4. The van der Waals surface area contributed by atoms with Gasteiger partial charge in [0.05, 0.1) is 0 Å².